The summed E-state index contributed by atoms with van der Waals surface area (Å²) >= 11 is 0. The van der Waals surface area contributed by atoms with Crippen molar-refractivity contribution in [2.24, 2.45) is 0 Å². The van der Waals surface area contributed by atoms with Crippen LogP contribution in [0.5, 0.6) is 0 Å². The molecule has 1 aromatic rings. The molecule has 4 nitrogen and oxygen atoms in total. The molecule has 0 aromatic heterocycles. The first-order valence-corrected chi connectivity index (χ1v) is 3.91. The van der Waals surface area contributed by atoms with Gasteiger partial charge in [-0.05, 0) is 12.0 Å². The average Bonchev–Trinajstić information content (AvgIpc) is 2.16. The van der Waals surface area contributed by atoms with Gasteiger partial charge in [0.25, 0.3) is 5.69 Å². The van der Waals surface area contributed by atoms with Crippen LogP contribution in [0, 0.1) is 10.1 Å². The Hall–Kier alpha value is -1.71. The minimum Gasteiger partial charge on any atom is -0.298 e. The van der Waals surface area contributed by atoms with Crippen LogP contribution in [-0.4, -0.2) is 11.2 Å². The number of non-ortho nitro benzene ring substituents is 1. The molecule has 0 radical (unpaired) electrons. The van der Waals surface area contributed by atoms with Gasteiger partial charge in [-0.1, -0.05) is 13.0 Å². The van der Waals surface area contributed by atoms with E-state index in [1.165, 1.54) is 12.1 Å². The highest BCUT2D eigenvalue weighted by molar-refractivity contribution is 5.78. The molecule has 0 unspecified atom stereocenters. The molecule has 0 amide bonds. The van der Waals surface area contributed by atoms with Crippen molar-refractivity contribution in [1.29, 1.82) is 0 Å². The molecular weight excluding hydrogens is 170 g/mol. The van der Waals surface area contributed by atoms with E-state index < -0.39 is 4.92 Å². The molecule has 0 aliphatic heterocycles. The highest BCUT2D eigenvalue weighted by Gasteiger charge is 2.08. The van der Waals surface area contributed by atoms with Crippen LogP contribution in [0.15, 0.2) is 18.2 Å². The molecule has 0 spiro atoms. The molecule has 0 heterocycles. The van der Waals surface area contributed by atoms with Crippen molar-refractivity contribution in [1.82, 2.24) is 0 Å². The van der Waals surface area contributed by atoms with Crippen LogP contribution in [0.25, 0.3) is 0 Å². The van der Waals surface area contributed by atoms with Gasteiger partial charge in [-0.15, -0.1) is 0 Å². The maximum absolute atomic E-state index is 10.5. The second kappa shape index (κ2) is 3.80. The van der Waals surface area contributed by atoms with Crippen molar-refractivity contribution < 1.29 is 9.72 Å². The van der Waals surface area contributed by atoms with Crippen LogP contribution < -0.4 is 0 Å². The zero-order chi connectivity index (χ0) is 9.84. The lowest BCUT2D eigenvalue weighted by molar-refractivity contribution is -0.384. The predicted molar refractivity (Wildman–Crippen MR) is 47.9 cm³/mol. The van der Waals surface area contributed by atoms with E-state index in [4.69, 9.17) is 0 Å². The van der Waals surface area contributed by atoms with Crippen LogP contribution in [0.2, 0.25) is 0 Å². The number of rotatable bonds is 3. The Labute approximate surface area is 75.3 Å². The lowest BCUT2D eigenvalue weighted by Crippen LogP contribution is -1.94. The van der Waals surface area contributed by atoms with E-state index >= 15 is 0 Å². The minimum atomic E-state index is -0.507. The summed E-state index contributed by atoms with van der Waals surface area (Å²) in [5.41, 5.74) is 1.19. The van der Waals surface area contributed by atoms with E-state index in [0.717, 1.165) is 5.56 Å². The van der Waals surface area contributed by atoms with E-state index in [9.17, 15) is 14.9 Å². The van der Waals surface area contributed by atoms with Crippen molar-refractivity contribution in [3.05, 3.63) is 39.4 Å². The normalized spacial score (nSPS) is 9.62. The Balaban J connectivity index is 3.20. The van der Waals surface area contributed by atoms with Crippen molar-refractivity contribution in [3.63, 3.8) is 0 Å². The third kappa shape index (κ3) is 1.90. The number of nitro groups is 1. The van der Waals surface area contributed by atoms with Crippen molar-refractivity contribution in [2.75, 3.05) is 0 Å². The number of hydrogen-bond donors (Lipinski definition) is 0. The molecule has 0 aliphatic carbocycles. The summed E-state index contributed by atoms with van der Waals surface area (Å²) < 4.78 is 0. The van der Waals surface area contributed by atoms with Gasteiger partial charge in [0.15, 0.2) is 6.29 Å². The number of carbonyl (C=O) groups is 1. The standard InChI is InChI=1S/C9H9NO3/c1-2-7-3-4-9(10(12)13)5-8(7)6-11/h3-6H,2H2,1H3. The quantitative estimate of drug-likeness (QED) is 0.405. The molecule has 1 aromatic carbocycles. The number of aldehydes is 1. The summed E-state index contributed by atoms with van der Waals surface area (Å²) in [7, 11) is 0. The predicted octanol–water partition coefficient (Wildman–Crippen LogP) is 1.97. The van der Waals surface area contributed by atoms with Crippen LogP contribution >= 0.6 is 0 Å². The lowest BCUT2D eigenvalue weighted by Gasteiger charge is -1.99. The van der Waals surface area contributed by atoms with Crippen LogP contribution in [0.1, 0.15) is 22.8 Å². The van der Waals surface area contributed by atoms with Gasteiger partial charge < -0.3 is 0 Å². The van der Waals surface area contributed by atoms with Gasteiger partial charge in [0.05, 0.1) is 4.92 Å². The molecule has 0 bridgehead atoms. The summed E-state index contributed by atoms with van der Waals surface area (Å²) in [6.45, 7) is 1.90. The topological polar surface area (TPSA) is 60.2 Å². The molecule has 1 rings (SSSR count). The summed E-state index contributed by atoms with van der Waals surface area (Å²) in [5, 5.41) is 10.4. The Morgan fingerprint density at radius 2 is 2.23 bits per heavy atom. The molecule has 68 valence electrons. The van der Waals surface area contributed by atoms with Crippen LogP contribution in [0.4, 0.5) is 5.69 Å². The lowest BCUT2D eigenvalue weighted by atomic mass is 10.1. The van der Waals surface area contributed by atoms with Crippen molar-refractivity contribution in [3.8, 4) is 0 Å². The Bertz CT molecular complexity index is 347. The monoisotopic (exact) mass is 179 g/mol. The summed E-state index contributed by atoms with van der Waals surface area (Å²) in [6, 6.07) is 4.32. The minimum absolute atomic E-state index is 0.0423. The van der Waals surface area contributed by atoms with Gasteiger partial charge in [-0.2, -0.15) is 0 Å². The van der Waals surface area contributed by atoms with E-state index in [2.05, 4.69) is 0 Å². The number of carbonyl (C=O) groups excluding carboxylic acids is 1. The molecule has 0 saturated carbocycles. The number of hydrogen-bond acceptors (Lipinski definition) is 3. The first-order valence-electron chi connectivity index (χ1n) is 3.91. The van der Waals surface area contributed by atoms with E-state index in [0.29, 0.717) is 18.3 Å². The molecular formula is C9H9NO3. The first kappa shape index (κ1) is 9.38. The number of aryl methyl sites for hydroxylation is 1. The Morgan fingerprint density at radius 3 is 2.69 bits per heavy atom. The smallest absolute Gasteiger partial charge is 0.270 e. The highest BCUT2D eigenvalue weighted by Crippen LogP contribution is 2.16. The first-order chi connectivity index (χ1) is 6.19. The van der Waals surface area contributed by atoms with Gasteiger partial charge >= 0.3 is 0 Å². The molecule has 0 N–H and O–H groups in total. The number of nitrogens with zero attached hydrogens (tertiary/aromatic N) is 1. The average molecular weight is 179 g/mol. The van der Waals surface area contributed by atoms with Gasteiger partial charge in [0.2, 0.25) is 0 Å². The van der Waals surface area contributed by atoms with Gasteiger partial charge in [-0.25, -0.2) is 0 Å². The molecule has 0 fully saturated rings. The highest BCUT2D eigenvalue weighted by atomic mass is 16.6. The fraction of sp³-hybridized carbons (Fsp3) is 0.222. The number of benzene rings is 1. The third-order valence-electron chi connectivity index (χ3n) is 1.85. The summed E-state index contributed by atoms with van der Waals surface area (Å²) in [5.74, 6) is 0. The second-order valence-corrected chi connectivity index (χ2v) is 2.61. The van der Waals surface area contributed by atoms with E-state index in [1.807, 2.05) is 6.92 Å². The molecule has 13 heavy (non-hydrogen) atoms. The fourth-order valence-corrected chi connectivity index (χ4v) is 1.13. The largest absolute Gasteiger partial charge is 0.298 e. The molecule has 0 aliphatic rings. The van der Waals surface area contributed by atoms with E-state index in [1.54, 1.807) is 6.07 Å². The molecule has 0 saturated heterocycles. The Kier molecular flexibility index (Phi) is 2.74. The maximum Gasteiger partial charge on any atom is 0.270 e. The van der Waals surface area contributed by atoms with Gasteiger partial charge in [0.1, 0.15) is 0 Å². The van der Waals surface area contributed by atoms with E-state index in [-0.39, 0.29) is 5.69 Å². The van der Waals surface area contributed by atoms with Gasteiger partial charge in [-0.3, -0.25) is 14.9 Å². The molecule has 4 heteroatoms. The zero-order valence-electron chi connectivity index (χ0n) is 7.19. The van der Waals surface area contributed by atoms with Crippen LogP contribution in [0.3, 0.4) is 0 Å². The van der Waals surface area contributed by atoms with Crippen LogP contribution in [-0.2, 0) is 6.42 Å². The maximum atomic E-state index is 10.5. The SMILES string of the molecule is CCc1ccc([N+](=O)[O-])cc1C=O. The summed E-state index contributed by atoms with van der Waals surface area (Å²) in [6.07, 6.45) is 1.35. The second-order valence-electron chi connectivity index (χ2n) is 2.61. The molecule has 0 atom stereocenters. The summed E-state index contributed by atoms with van der Waals surface area (Å²) in [4.78, 5) is 20.4. The van der Waals surface area contributed by atoms with Gasteiger partial charge in [0, 0.05) is 17.7 Å². The third-order valence-corrected chi connectivity index (χ3v) is 1.85. The van der Waals surface area contributed by atoms with Crippen molar-refractivity contribution >= 4 is 12.0 Å². The number of nitro benzene ring substituents is 1. The van der Waals surface area contributed by atoms with Crippen molar-refractivity contribution in [2.45, 2.75) is 13.3 Å². The Morgan fingerprint density at radius 1 is 1.54 bits per heavy atom. The zero-order valence-corrected chi connectivity index (χ0v) is 7.19. The fourth-order valence-electron chi connectivity index (χ4n) is 1.13.